The minimum atomic E-state index is -0.921. The molecule has 0 fully saturated rings. The van der Waals surface area contributed by atoms with Crippen LogP contribution < -0.4 is 10.6 Å². The van der Waals surface area contributed by atoms with E-state index in [0.717, 1.165) is 19.3 Å². The van der Waals surface area contributed by atoms with Crippen molar-refractivity contribution in [1.29, 1.82) is 0 Å². The molecule has 2 unspecified atom stereocenters. The van der Waals surface area contributed by atoms with Gasteiger partial charge in [0.1, 0.15) is 6.04 Å². The fraction of sp³-hybridized carbons (Fsp3) is 0.846. The summed E-state index contributed by atoms with van der Waals surface area (Å²) in [4.78, 5) is 22.7. The molecule has 0 spiro atoms. The lowest BCUT2D eigenvalue weighted by Gasteiger charge is -2.22. The van der Waals surface area contributed by atoms with E-state index in [4.69, 9.17) is 5.11 Å². The van der Waals surface area contributed by atoms with Gasteiger partial charge in [0, 0.05) is 6.54 Å². The van der Waals surface area contributed by atoms with E-state index in [1.54, 1.807) is 6.92 Å². The molecule has 0 aliphatic heterocycles. The van der Waals surface area contributed by atoms with Crippen molar-refractivity contribution >= 4 is 11.9 Å². The van der Waals surface area contributed by atoms with Crippen LogP contribution >= 0.6 is 0 Å². The number of carboxylic acids is 1. The van der Waals surface area contributed by atoms with Gasteiger partial charge in [-0.2, -0.15) is 0 Å². The van der Waals surface area contributed by atoms with Crippen molar-refractivity contribution in [3.05, 3.63) is 0 Å². The third-order valence-electron chi connectivity index (χ3n) is 2.84. The highest BCUT2D eigenvalue weighted by molar-refractivity contribution is 5.82. The fourth-order valence-electron chi connectivity index (χ4n) is 1.63. The van der Waals surface area contributed by atoms with Crippen LogP contribution in [0.2, 0.25) is 0 Å². The van der Waals surface area contributed by atoms with Gasteiger partial charge in [-0.3, -0.25) is 14.9 Å². The van der Waals surface area contributed by atoms with E-state index in [-0.39, 0.29) is 11.8 Å². The van der Waals surface area contributed by atoms with Gasteiger partial charge in [-0.05, 0) is 19.3 Å². The Morgan fingerprint density at radius 2 is 1.78 bits per heavy atom. The molecule has 0 saturated heterocycles. The Morgan fingerprint density at radius 1 is 1.17 bits per heavy atom. The first-order chi connectivity index (χ1) is 8.40. The van der Waals surface area contributed by atoms with Gasteiger partial charge in [-0.25, -0.2) is 0 Å². The number of hydrogen-bond donors (Lipinski definition) is 3. The van der Waals surface area contributed by atoms with Crippen LogP contribution in [0.4, 0.5) is 0 Å². The monoisotopic (exact) mass is 258 g/mol. The first-order valence-electron chi connectivity index (χ1n) is 6.66. The lowest BCUT2D eigenvalue weighted by atomic mass is 10.0. The average Bonchev–Trinajstić information content (AvgIpc) is 2.30. The molecule has 0 aliphatic rings. The zero-order valence-corrected chi connectivity index (χ0v) is 11.8. The Kier molecular flexibility index (Phi) is 8.37. The topological polar surface area (TPSA) is 78.4 Å². The van der Waals surface area contributed by atoms with Crippen LogP contribution in [0.15, 0.2) is 0 Å². The minimum Gasteiger partial charge on any atom is -0.480 e. The molecule has 0 aromatic rings. The van der Waals surface area contributed by atoms with Crippen LogP contribution in [0.3, 0.4) is 0 Å². The van der Waals surface area contributed by atoms with Crippen molar-refractivity contribution in [2.45, 2.75) is 59.0 Å². The highest BCUT2D eigenvalue weighted by atomic mass is 16.4. The van der Waals surface area contributed by atoms with E-state index in [9.17, 15) is 9.59 Å². The number of unbranched alkanes of at least 4 members (excludes halogenated alkanes) is 2. The standard InChI is InChI=1S/C13H26N2O3/c1-5-6-7-8-14-12(16)10(4)15-11(9(2)3)13(17)18/h9-11,15H,5-8H2,1-4H3,(H,14,16)(H,17,18). The molecule has 0 heterocycles. The third-order valence-corrected chi connectivity index (χ3v) is 2.84. The van der Waals surface area contributed by atoms with E-state index in [1.165, 1.54) is 0 Å². The molecule has 5 nitrogen and oxygen atoms in total. The summed E-state index contributed by atoms with van der Waals surface area (Å²) in [6.07, 6.45) is 3.16. The molecule has 0 rings (SSSR count). The first-order valence-corrected chi connectivity index (χ1v) is 6.66. The van der Waals surface area contributed by atoms with Crippen molar-refractivity contribution in [3.8, 4) is 0 Å². The number of carboxylic acid groups (broad SMARTS) is 1. The van der Waals surface area contributed by atoms with Gasteiger partial charge in [-0.1, -0.05) is 33.6 Å². The summed E-state index contributed by atoms with van der Waals surface area (Å²) in [6, 6.07) is -1.18. The van der Waals surface area contributed by atoms with Crippen molar-refractivity contribution in [2.24, 2.45) is 5.92 Å². The highest BCUT2D eigenvalue weighted by Crippen LogP contribution is 2.03. The molecule has 0 radical (unpaired) electrons. The number of aliphatic carboxylic acids is 1. The first kappa shape index (κ1) is 16.9. The van der Waals surface area contributed by atoms with Crippen molar-refractivity contribution < 1.29 is 14.7 Å². The van der Waals surface area contributed by atoms with Gasteiger partial charge in [-0.15, -0.1) is 0 Å². The maximum absolute atomic E-state index is 11.7. The van der Waals surface area contributed by atoms with Gasteiger partial charge in [0.15, 0.2) is 0 Å². The lowest BCUT2D eigenvalue weighted by Crippen LogP contribution is -2.51. The summed E-state index contributed by atoms with van der Waals surface area (Å²) in [7, 11) is 0. The van der Waals surface area contributed by atoms with Crippen LogP contribution in [0, 0.1) is 5.92 Å². The largest absolute Gasteiger partial charge is 0.480 e. The van der Waals surface area contributed by atoms with Crippen molar-refractivity contribution in [1.82, 2.24) is 10.6 Å². The number of rotatable bonds is 9. The summed E-state index contributed by atoms with van der Waals surface area (Å²) >= 11 is 0. The molecule has 5 heteroatoms. The van der Waals surface area contributed by atoms with E-state index >= 15 is 0 Å². The smallest absolute Gasteiger partial charge is 0.320 e. The molecule has 18 heavy (non-hydrogen) atoms. The molecule has 0 bridgehead atoms. The van der Waals surface area contributed by atoms with Crippen LogP contribution in [0.5, 0.6) is 0 Å². The van der Waals surface area contributed by atoms with E-state index in [1.807, 2.05) is 13.8 Å². The van der Waals surface area contributed by atoms with E-state index < -0.39 is 18.1 Å². The number of carbonyl (C=O) groups is 2. The Morgan fingerprint density at radius 3 is 2.22 bits per heavy atom. The quantitative estimate of drug-likeness (QED) is 0.546. The molecular weight excluding hydrogens is 232 g/mol. The maximum atomic E-state index is 11.7. The molecule has 0 aliphatic carbocycles. The van der Waals surface area contributed by atoms with E-state index in [2.05, 4.69) is 17.6 Å². The Balaban J connectivity index is 4.09. The van der Waals surface area contributed by atoms with Gasteiger partial charge in [0.05, 0.1) is 6.04 Å². The van der Waals surface area contributed by atoms with Crippen molar-refractivity contribution in [2.75, 3.05) is 6.54 Å². The summed E-state index contributed by atoms with van der Waals surface area (Å²) in [5.41, 5.74) is 0. The molecular formula is C13H26N2O3. The van der Waals surface area contributed by atoms with Crippen LogP contribution in [-0.4, -0.2) is 35.6 Å². The maximum Gasteiger partial charge on any atom is 0.320 e. The average molecular weight is 258 g/mol. The van der Waals surface area contributed by atoms with Gasteiger partial charge in [0.25, 0.3) is 0 Å². The second kappa shape index (κ2) is 8.91. The Bertz CT molecular complexity index is 267. The number of carbonyl (C=O) groups excluding carboxylic acids is 1. The third kappa shape index (κ3) is 6.59. The molecule has 2 atom stereocenters. The summed E-state index contributed by atoms with van der Waals surface area (Å²) < 4.78 is 0. The summed E-state index contributed by atoms with van der Waals surface area (Å²) in [5, 5.41) is 14.7. The Hall–Kier alpha value is -1.10. The van der Waals surface area contributed by atoms with Crippen LogP contribution in [0.1, 0.15) is 47.0 Å². The molecule has 1 amide bonds. The second-order valence-corrected chi connectivity index (χ2v) is 4.95. The van der Waals surface area contributed by atoms with E-state index in [0.29, 0.717) is 6.54 Å². The zero-order chi connectivity index (χ0) is 14.1. The molecule has 0 aromatic heterocycles. The second-order valence-electron chi connectivity index (χ2n) is 4.95. The van der Waals surface area contributed by atoms with Crippen LogP contribution in [-0.2, 0) is 9.59 Å². The van der Waals surface area contributed by atoms with Gasteiger partial charge >= 0.3 is 5.97 Å². The number of hydrogen-bond acceptors (Lipinski definition) is 3. The summed E-state index contributed by atoms with van der Waals surface area (Å²) in [6.45, 7) is 8.08. The fourth-order valence-corrected chi connectivity index (χ4v) is 1.63. The van der Waals surface area contributed by atoms with Crippen LogP contribution in [0.25, 0.3) is 0 Å². The SMILES string of the molecule is CCCCCNC(=O)C(C)NC(C(=O)O)C(C)C. The molecule has 106 valence electrons. The number of nitrogens with one attached hydrogen (secondary N) is 2. The minimum absolute atomic E-state index is 0.0576. The summed E-state index contributed by atoms with van der Waals surface area (Å²) in [5.74, 6) is -1.12. The predicted octanol–water partition coefficient (Wildman–Crippen LogP) is 1.38. The number of amides is 1. The van der Waals surface area contributed by atoms with Crippen molar-refractivity contribution in [3.63, 3.8) is 0 Å². The molecule has 0 aromatic carbocycles. The van der Waals surface area contributed by atoms with Gasteiger partial charge in [0.2, 0.25) is 5.91 Å². The lowest BCUT2D eigenvalue weighted by molar-refractivity contribution is -0.141. The molecule has 0 saturated carbocycles. The molecule has 3 N–H and O–H groups in total. The Labute approximate surface area is 109 Å². The zero-order valence-electron chi connectivity index (χ0n) is 11.8. The normalized spacial score (nSPS) is 14.3. The van der Waals surface area contributed by atoms with Gasteiger partial charge < -0.3 is 10.4 Å². The highest BCUT2D eigenvalue weighted by Gasteiger charge is 2.25. The predicted molar refractivity (Wildman–Crippen MR) is 71.4 cm³/mol.